The van der Waals surface area contributed by atoms with Crippen LogP contribution in [0.3, 0.4) is 0 Å². The Hall–Kier alpha value is -1.09. The smallest absolute Gasteiger partial charge is 0.343 e. The molecule has 0 aliphatic rings. The lowest BCUT2D eigenvalue weighted by atomic mass is 10.4. The average Bonchev–Trinajstić information content (AvgIpc) is 3.09. The molecule has 13 heteroatoms. The minimum absolute atomic E-state index is 0.145. The summed E-state index contributed by atoms with van der Waals surface area (Å²) in [6, 6.07) is 0. The van der Waals surface area contributed by atoms with Gasteiger partial charge in [-0.1, -0.05) is 25.9 Å². The summed E-state index contributed by atoms with van der Waals surface area (Å²) in [5, 5.41) is 5.98. The lowest BCUT2D eigenvalue weighted by Crippen LogP contribution is -2.23. The molecule has 0 saturated carbocycles. The van der Waals surface area contributed by atoms with Gasteiger partial charge in [-0.3, -0.25) is 13.9 Å². The van der Waals surface area contributed by atoms with Crippen molar-refractivity contribution in [2.75, 3.05) is 6.54 Å². The van der Waals surface area contributed by atoms with Crippen molar-refractivity contribution in [2.24, 2.45) is 0 Å². The van der Waals surface area contributed by atoms with Gasteiger partial charge in [0.2, 0.25) is 12.3 Å². The molecule has 0 atom stereocenters. The van der Waals surface area contributed by atoms with Crippen LogP contribution in [0.1, 0.15) is 47.0 Å². The fraction of sp³-hybridized carbons (Fsp3) is 0.750. The molecule has 1 heterocycles. The molecule has 1 aromatic rings. The second-order valence-corrected chi connectivity index (χ2v) is 9.45. The SMILES string of the molecule is CCC(C)(P(=O)(O)O)P(=O)(O)O.CCCNC(=O)CC.c1ncon1. The molecular weight excluding hydrogens is 376 g/mol. The maximum absolute atomic E-state index is 10.7. The average molecular weight is 403 g/mol. The van der Waals surface area contributed by atoms with E-state index in [4.69, 9.17) is 19.6 Å². The lowest BCUT2D eigenvalue weighted by molar-refractivity contribution is -0.120. The van der Waals surface area contributed by atoms with Gasteiger partial charge in [0.15, 0.2) is 11.2 Å². The molecule has 0 aliphatic heterocycles. The third kappa shape index (κ3) is 10.5. The van der Waals surface area contributed by atoms with E-state index in [0.717, 1.165) is 19.9 Å². The van der Waals surface area contributed by atoms with Gasteiger partial charge in [-0.05, 0) is 19.8 Å². The molecule has 0 radical (unpaired) electrons. The van der Waals surface area contributed by atoms with Crippen molar-refractivity contribution in [3.05, 3.63) is 12.7 Å². The van der Waals surface area contributed by atoms with Crippen molar-refractivity contribution < 1.29 is 38.0 Å². The Labute approximate surface area is 146 Å². The van der Waals surface area contributed by atoms with Crippen LogP contribution in [0.25, 0.3) is 0 Å². The summed E-state index contributed by atoms with van der Waals surface area (Å²) < 4.78 is 25.7. The van der Waals surface area contributed by atoms with Crippen LogP contribution < -0.4 is 5.32 Å². The molecular formula is C12H27N3O8P2. The van der Waals surface area contributed by atoms with Gasteiger partial charge in [0.25, 0.3) is 0 Å². The number of nitrogens with zero attached hydrogens (tertiary/aromatic N) is 2. The van der Waals surface area contributed by atoms with E-state index < -0.39 is 20.1 Å². The number of carbonyl (C=O) groups excluding carboxylic acids is 1. The summed E-state index contributed by atoms with van der Waals surface area (Å²) in [6.07, 6.45) is 3.94. The van der Waals surface area contributed by atoms with Gasteiger partial charge in [0.1, 0.15) is 0 Å². The molecule has 0 saturated heterocycles. The number of rotatable bonds is 6. The molecule has 0 spiro atoms. The van der Waals surface area contributed by atoms with E-state index in [9.17, 15) is 13.9 Å². The Morgan fingerprint density at radius 3 is 1.84 bits per heavy atom. The van der Waals surface area contributed by atoms with Crippen molar-refractivity contribution in [3.8, 4) is 0 Å². The molecule has 25 heavy (non-hydrogen) atoms. The van der Waals surface area contributed by atoms with Gasteiger partial charge in [-0.15, -0.1) is 0 Å². The molecule has 0 unspecified atom stereocenters. The van der Waals surface area contributed by atoms with Gasteiger partial charge in [0.05, 0.1) is 0 Å². The summed E-state index contributed by atoms with van der Waals surface area (Å²) in [5.74, 6) is 0.145. The molecule has 1 amide bonds. The predicted octanol–water partition coefficient (Wildman–Crippen LogP) is 1.46. The van der Waals surface area contributed by atoms with Crippen molar-refractivity contribution in [2.45, 2.75) is 51.9 Å². The fourth-order valence-corrected chi connectivity index (χ4v) is 3.29. The van der Waals surface area contributed by atoms with Crippen LogP contribution in [0.5, 0.6) is 0 Å². The third-order valence-electron chi connectivity index (χ3n) is 3.10. The standard InChI is InChI=1S/C6H13NO.C4H12O6P2.C2H2N2O/c1-3-5-7-6(8)4-2;1-3-4(2,11(5,6)7)12(8,9)10;1-3-2-5-4-1/h3-5H2,1-2H3,(H,7,8);3H2,1-2H3,(H2,5,6,7)(H2,8,9,10);1-2H. The highest BCUT2D eigenvalue weighted by Crippen LogP contribution is 2.70. The van der Waals surface area contributed by atoms with Crippen LogP contribution in [-0.4, -0.2) is 47.1 Å². The van der Waals surface area contributed by atoms with Gasteiger partial charge < -0.3 is 29.4 Å². The molecule has 0 bridgehead atoms. The Balaban J connectivity index is 0. The normalized spacial score (nSPS) is 11.5. The summed E-state index contributed by atoms with van der Waals surface area (Å²) in [5.41, 5.74) is 0. The Morgan fingerprint density at radius 1 is 1.16 bits per heavy atom. The van der Waals surface area contributed by atoms with Crippen LogP contribution in [0.2, 0.25) is 0 Å². The zero-order chi connectivity index (χ0) is 20.1. The summed E-state index contributed by atoms with van der Waals surface area (Å²) in [7, 11) is -9.54. The Kier molecular flexibility index (Phi) is 12.9. The number of aromatic nitrogens is 2. The van der Waals surface area contributed by atoms with Gasteiger partial charge in [0, 0.05) is 13.0 Å². The van der Waals surface area contributed by atoms with Crippen molar-refractivity contribution in [1.82, 2.24) is 15.5 Å². The van der Waals surface area contributed by atoms with Crippen molar-refractivity contribution in [1.29, 1.82) is 0 Å². The molecule has 1 rings (SSSR count). The Bertz CT molecular complexity index is 515. The first-order valence-corrected chi connectivity index (χ1v) is 10.7. The summed E-state index contributed by atoms with van der Waals surface area (Å²) in [6.45, 7) is 6.90. The first-order valence-electron chi connectivity index (χ1n) is 7.44. The van der Waals surface area contributed by atoms with E-state index >= 15 is 0 Å². The number of hydrogen-bond donors (Lipinski definition) is 5. The monoisotopic (exact) mass is 403 g/mol. The second kappa shape index (κ2) is 12.3. The Morgan fingerprint density at radius 2 is 1.68 bits per heavy atom. The summed E-state index contributed by atoms with van der Waals surface area (Å²) >= 11 is 0. The topological polar surface area (TPSA) is 183 Å². The largest absolute Gasteiger partial charge is 0.356 e. The molecule has 0 aromatic carbocycles. The molecule has 5 N–H and O–H groups in total. The van der Waals surface area contributed by atoms with Crippen molar-refractivity contribution in [3.63, 3.8) is 0 Å². The van der Waals surface area contributed by atoms with Gasteiger partial charge in [-0.25, -0.2) is 4.98 Å². The fourth-order valence-electron chi connectivity index (χ4n) is 1.11. The lowest BCUT2D eigenvalue weighted by Gasteiger charge is -2.29. The minimum atomic E-state index is -4.77. The number of carbonyl (C=O) groups is 1. The number of hydrogen-bond acceptors (Lipinski definition) is 6. The number of nitrogens with one attached hydrogen (secondary N) is 1. The first kappa shape index (κ1) is 26.1. The van der Waals surface area contributed by atoms with E-state index in [0.29, 0.717) is 6.42 Å². The molecule has 148 valence electrons. The van der Waals surface area contributed by atoms with Crippen LogP contribution >= 0.6 is 15.2 Å². The van der Waals surface area contributed by atoms with Crippen LogP contribution in [0.15, 0.2) is 17.2 Å². The molecule has 0 fully saturated rings. The quantitative estimate of drug-likeness (QED) is 0.436. The molecule has 0 aliphatic carbocycles. The van der Waals surface area contributed by atoms with Gasteiger partial charge in [-0.2, -0.15) is 0 Å². The van der Waals surface area contributed by atoms with Crippen LogP contribution in [0, 0.1) is 0 Å². The highest BCUT2D eigenvalue weighted by atomic mass is 31.2. The van der Waals surface area contributed by atoms with E-state index in [1.807, 2.05) is 13.8 Å². The zero-order valence-electron chi connectivity index (χ0n) is 14.7. The third-order valence-corrected chi connectivity index (χ3v) is 7.81. The van der Waals surface area contributed by atoms with Crippen molar-refractivity contribution >= 4 is 21.1 Å². The number of amides is 1. The zero-order valence-corrected chi connectivity index (χ0v) is 16.5. The summed E-state index contributed by atoms with van der Waals surface area (Å²) in [4.78, 5) is 46.4. The van der Waals surface area contributed by atoms with E-state index in [1.54, 1.807) is 0 Å². The minimum Gasteiger partial charge on any atom is -0.356 e. The van der Waals surface area contributed by atoms with Crippen LogP contribution in [0.4, 0.5) is 0 Å². The van der Waals surface area contributed by atoms with E-state index in [-0.39, 0.29) is 12.3 Å². The predicted molar refractivity (Wildman–Crippen MR) is 90.7 cm³/mol. The highest BCUT2D eigenvalue weighted by molar-refractivity contribution is 7.72. The molecule has 11 nitrogen and oxygen atoms in total. The highest BCUT2D eigenvalue weighted by Gasteiger charge is 2.54. The maximum Gasteiger partial charge on any atom is 0.343 e. The molecule has 1 aromatic heterocycles. The second-order valence-electron chi connectivity index (χ2n) is 4.94. The van der Waals surface area contributed by atoms with Crippen LogP contribution in [-0.2, 0) is 13.9 Å². The van der Waals surface area contributed by atoms with Gasteiger partial charge >= 0.3 is 15.2 Å². The first-order chi connectivity index (χ1) is 11.4. The van der Waals surface area contributed by atoms with E-state index in [1.165, 1.54) is 19.6 Å². The maximum atomic E-state index is 10.7. The van der Waals surface area contributed by atoms with E-state index in [2.05, 4.69) is 20.0 Å².